The number of hydrogen-bond donors (Lipinski definition) is 0. The maximum atomic E-state index is 12.3. The highest BCUT2D eigenvalue weighted by atomic mass is 16.5. The number of amides is 1. The number of benzene rings is 1. The fourth-order valence-electron chi connectivity index (χ4n) is 4.40. The van der Waals surface area contributed by atoms with Crippen molar-refractivity contribution in [3.63, 3.8) is 0 Å². The van der Waals surface area contributed by atoms with E-state index in [-0.39, 0.29) is 16.9 Å². The van der Waals surface area contributed by atoms with Crippen LogP contribution in [0.3, 0.4) is 0 Å². The molecular weight excluding hydrogens is 350 g/mol. The van der Waals surface area contributed by atoms with Crippen molar-refractivity contribution in [1.29, 1.82) is 0 Å². The summed E-state index contributed by atoms with van der Waals surface area (Å²) in [6, 6.07) is 8.00. The second kappa shape index (κ2) is 9.78. The first-order chi connectivity index (χ1) is 13.1. The summed E-state index contributed by atoms with van der Waals surface area (Å²) in [5.74, 6) is 1.68. The van der Waals surface area contributed by atoms with E-state index >= 15 is 0 Å². The van der Waals surface area contributed by atoms with E-state index in [1.807, 2.05) is 29.2 Å². The van der Waals surface area contributed by atoms with Crippen molar-refractivity contribution in [3.05, 3.63) is 29.8 Å². The minimum atomic E-state index is -0.0771. The van der Waals surface area contributed by atoms with Crippen LogP contribution in [0.2, 0.25) is 0 Å². The Morgan fingerprint density at radius 1 is 1.21 bits per heavy atom. The number of rotatable bonds is 9. The summed E-state index contributed by atoms with van der Waals surface area (Å²) in [6.07, 6.45) is 5.65. The minimum absolute atomic E-state index is 0.0771. The molecule has 0 aliphatic carbocycles. The van der Waals surface area contributed by atoms with Crippen molar-refractivity contribution < 1.29 is 14.3 Å². The van der Waals surface area contributed by atoms with Gasteiger partial charge >= 0.3 is 0 Å². The van der Waals surface area contributed by atoms with Gasteiger partial charge in [-0.3, -0.25) is 4.79 Å². The lowest BCUT2D eigenvalue weighted by Crippen LogP contribution is -2.43. The molecule has 1 saturated heterocycles. The summed E-state index contributed by atoms with van der Waals surface area (Å²) >= 11 is 0. The van der Waals surface area contributed by atoms with Crippen LogP contribution in [0.25, 0.3) is 0 Å². The summed E-state index contributed by atoms with van der Waals surface area (Å²) < 4.78 is 11.2. The highest BCUT2D eigenvalue weighted by Crippen LogP contribution is 2.45. The van der Waals surface area contributed by atoms with Gasteiger partial charge in [-0.15, -0.1) is 0 Å². The van der Waals surface area contributed by atoms with Crippen molar-refractivity contribution in [2.45, 2.75) is 78.9 Å². The molecule has 1 heterocycles. The van der Waals surface area contributed by atoms with Crippen LogP contribution >= 0.6 is 0 Å². The lowest BCUT2D eigenvalue weighted by atomic mass is 9.68. The predicted molar refractivity (Wildman–Crippen MR) is 114 cm³/mol. The van der Waals surface area contributed by atoms with Gasteiger partial charge in [0.15, 0.2) is 0 Å². The van der Waals surface area contributed by atoms with Crippen LogP contribution in [0.5, 0.6) is 5.75 Å². The summed E-state index contributed by atoms with van der Waals surface area (Å²) in [7, 11) is 1.67. The molecular formula is C24H39NO3. The molecule has 158 valence electrons. The summed E-state index contributed by atoms with van der Waals surface area (Å²) in [5, 5.41) is 0. The SMILES string of the molecule is COc1ccc(CN(CC[C@]2(CCC(C)C)CCOC(C)(C)C2)C(C)=O)cc1. The van der Waals surface area contributed by atoms with E-state index in [1.165, 1.54) is 12.8 Å². The van der Waals surface area contributed by atoms with Crippen LogP contribution in [-0.4, -0.2) is 36.7 Å². The van der Waals surface area contributed by atoms with Crippen molar-refractivity contribution in [2.24, 2.45) is 11.3 Å². The molecule has 0 radical (unpaired) electrons. The summed E-state index contributed by atoms with van der Waals surface area (Å²) in [5.41, 5.74) is 1.32. The zero-order chi connectivity index (χ0) is 20.8. The Morgan fingerprint density at radius 2 is 1.89 bits per heavy atom. The Labute approximate surface area is 171 Å². The van der Waals surface area contributed by atoms with Crippen LogP contribution in [0.4, 0.5) is 0 Å². The smallest absolute Gasteiger partial charge is 0.219 e. The maximum Gasteiger partial charge on any atom is 0.219 e. The number of carbonyl (C=O) groups is 1. The fraction of sp³-hybridized carbons (Fsp3) is 0.708. The molecule has 0 N–H and O–H groups in total. The molecule has 1 amide bonds. The van der Waals surface area contributed by atoms with E-state index in [2.05, 4.69) is 27.7 Å². The monoisotopic (exact) mass is 389 g/mol. The topological polar surface area (TPSA) is 38.8 Å². The molecule has 0 saturated carbocycles. The average Bonchev–Trinajstić information content (AvgIpc) is 2.63. The van der Waals surface area contributed by atoms with Gasteiger partial charge in [-0.25, -0.2) is 0 Å². The first kappa shape index (κ1) is 22.7. The normalized spacial score (nSPS) is 21.5. The summed E-state index contributed by atoms with van der Waals surface area (Å²) in [6.45, 7) is 13.0. The second-order valence-electron chi connectivity index (χ2n) is 9.51. The Kier molecular flexibility index (Phi) is 7.94. The van der Waals surface area contributed by atoms with Gasteiger partial charge in [-0.05, 0) is 68.6 Å². The number of nitrogens with zero attached hydrogens (tertiary/aromatic N) is 1. The zero-order valence-corrected chi connectivity index (χ0v) is 18.7. The molecule has 1 fully saturated rings. The molecule has 4 heteroatoms. The Morgan fingerprint density at radius 3 is 2.43 bits per heavy atom. The standard InChI is InChI=1S/C24H39NO3/c1-19(2)11-12-24(14-16-28-23(4,5)18-24)13-15-25(20(3)26)17-21-7-9-22(27-6)10-8-21/h7-10,19H,11-18H2,1-6H3/t24-/m1/s1. The molecule has 28 heavy (non-hydrogen) atoms. The molecule has 1 atom stereocenters. The first-order valence-electron chi connectivity index (χ1n) is 10.7. The van der Waals surface area contributed by atoms with Gasteiger partial charge < -0.3 is 14.4 Å². The molecule has 0 aromatic heterocycles. The van der Waals surface area contributed by atoms with Crippen molar-refractivity contribution >= 4 is 5.91 Å². The third kappa shape index (κ3) is 6.80. The lowest BCUT2D eigenvalue weighted by molar-refractivity contribution is -0.132. The van der Waals surface area contributed by atoms with Gasteiger partial charge in [0.25, 0.3) is 0 Å². The summed E-state index contributed by atoms with van der Waals surface area (Å²) in [4.78, 5) is 14.3. The van der Waals surface area contributed by atoms with E-state index in [0.717, 1.165) is 43.7 Å². The van der Waals surface area contributed by atoms with Crippen molar-refractivity contribution in [2.75, 3.05) is 20.3 Å². The van der Waals surface area contributed by atoms with E-state index in [4.69, 9.17) is 9.47 Å². The molecule has 0 unspecified atom stereocenters. The van der Waals surface area contributed by atoms with Gasteiger partial charge in [-0.2, -0.15) is 0 Å². The van der Waals surface area contributed by atoms with Crippen LogP contribution in [0.15, 0.2) is 24.3 Å². The highest BCUT2D eigenvalue weighted by molar-refractivity contribution is 5.73. The van der Waals surface area contributed by atoms with Crippen LogP contribution in [-0.2, 0) is 16.1 Å². The van der Waals surface area contributed by atoms with Crippen molar-refractivity contribution in [3.8, 4) is 5.75 Å². The average molecular weight is 390 g/mol. The minimum Gasteiger partial charge on any atom is -0.497 e. The maximum absolute atomic E-state index is 12.3. The van der Waals surface area contributed by atoms with E-state index in [0.29, 0.717) is 12.5 Å². The highest BCUT2D eigenvalue weighted by Gasteiger charge is 2.40. The molecule has 1 aromatic carbocycles. The van der Waals surface area contributed by atoms with Gasteiger partial charge in [0, 0.05) is 26.6 Å². The molecule has 4 nitrogen and oxygen atoms in total. The Bertz CT molecular complexity index is 623. The molecule has 0 spiro atoms. The van der Waals surface area contributed by atoms with Crippen LogP contribution in [0.1, 0.15) is 72.3 Å². The molecule has 0 bridgehead atoms. The number of carbonyl (C=O) groups excluding carboxylic acids is 1. The molecule has 1 aromatic rings. The third-order valence-electron chi connectivity index (χ3n) is 6.07. The van der Waals surface area contributed by atoms with Gasteiger partial charge in [0.05, 0.1) is 12.7 Å². The van der Waals surface area contributed by atoms with E-state index in [1.54, 1.807) is 14.0 Å². The molecule has 2 rings (SSSR count). The van der Waals surface area contributed by atoms with E-state index in [9.17, 15) is 4.79 Å². The lowest BCUT2D eigenvalue weighted by Gasteiger charge is -2.46. The number of hydrogen-bond acceptors (Lipinski definition) is 3. The zero-order valence-electron chi connectivity index (χ0n) is 18.7. The van der Waals surface area contributed by atoms with Crippen LogP contribution in [0, 0.1) is 11.3 Å². The largest absolute Gasteiger partial charge is 0.497 e. The van der Waals surface area contributed by atoms with Crippen LogP contribution < -0.4 is 4.74 Å². The third-order valence-corrected chi connectivity index (χ3v) is 6.07. The Balaban J connectivity index is 2.07. The van der Waals surface area contributed by atoms with Gasteiger partial charge in [0.2, 0.25) is 5.91 Å². The Hall–Kier alpha value is -1.55. The van der Waals surface area contributed by atoms with Gasteiger partial charge in [0.1, 0.15) is 5.75 Å². The predicted octanol–water partition coefficient (Wildman–Crippen LogP) is 5.45. The molecule has 1 aliphatic heterocycles. The number of ether oxygens (including phenoxy) is 2. The second-order valence-corrected chi connectivity index (χ2v) is 9.51. The van der Waals surface area contributed by atoms with Gasteiger partial charge in [-0.1, -0.05) is 32.4 Å². The van der Waals surface area contributed by atoms with Crippen molar-refractivity contribution in [1.82, 2.24) is 4.90 Å². The fourth-order valence-corrected chi connectivity index (χ4v) is 4.40. The molecule has 1 aliphatic rings. The first-order valence-corrected chi connectivity index (χ1v) is 10.7. The number of methoxy groups -OCH3 is 1. The van der Waals surface area contributed by atoms with E-state index < -0.39 is 0 Å². The quantitative estimate of drug-likeness (QED) is 0.564.